The van der Waals surface area contributed by atoms with E-state index in [0.29, 0.717) is 12.1 Å². The van der Waals surface area contributed by atoms with Crippen molar-refractivity contribution in [3.63, 3.8) is 0 Å². The van der Waals surface area contributed by atoms with Crippen LogP contribution in [0.1, 0.15) is 17.2 Å². The average molecular weight is 342 g/mol. The normalized spacial score (nSPS) is 12.4. The maximum atomic E-state index is 13.6. The van der Waals surface area contributed by atoms with Gasteiger partial charge in [0.25, 0.3) is 0 Å². The van der Waals surface area contributed by atoms with Crippen LogP contribution in [0.15, 0.2) is 54.6 Å². The summed E-state index contributed by atoms with van der Waals surface area (Å²) in [6.07, 6.45) is 2.81. The summed E-state index contributed by atoms with van der Waals surface area (Å²) >= 11 is 0. The predicted molar refractivity (Wildman–Crippen MR) is 97.9 cm³/mol. The Hall–Kier alpha value is -2.66. The SMILES string of the molecule is COc1ccccc1C(CNC(=O)/C=C/c1ccccc1F)N(C)C. The topological polar surface area (TPSA) is 41.6 Å². The third-order valence-corrected chi connectivity index (χ3v) is 3.91. The molecule has 25 heavy (non-hydrogen) atoms. The van der Waals surface area contributed by atoms with Crippen LogP contribution in [0.3, 0.4) is 0 Å². The number of carbonyl (C=O) groups is 1. The summed E-state index contributed by atoms with van der Waals surface area (Å²) in [5, 5.41) is 2.86. The first-order valence-corrected chi connectivity index (χ1v) is 8.02. The molecule has 4 nitrogen and oxygen atoms in total. The number of likely N-dealkylation sites (N-methyl/N-ethyl adjacent to an activating group) is 1. The monoisotopic (exact) mass is 342 g/mol. The molecule has 5 heteroatoms. The van der Waals surface area contributed by atoms with E-state index in [1.807, 2.05) is 43.3 Å². The van der Waals surface area contributed by atoms with Crippen molar-refractivity contribution >= 4 is 12.0 Å². The molecule has 0 saturated carbocycles. The maximum Gasteiger partial charge on any atom is 0.244 e. The lowest BCUT2D eigenvalue weighted by molar-refractivity contribution is -0.116. The van der Waals surface area contributed by atoms with Gasteiger partial charge in [0.15, 0.2) is 0 Å². The van der Waals surface area contributed by atoms with Crippen LogP contribution in [0.4, 0.5) is 4.39 Å². The summed E-state index contributed by atoms with van der Waals surface area (Å²) in [7, 11) is 5.51. The first-order chi connectivity index (χ1) is 12.0. The van der Waals surface area contributed by atoms with Crippen molar-refractivity contribution < 1.29 is 13.9 Å². The third-order valence-electron chi connectivity index (χ3n) is 3.91. The minimum absolute atomic E-state index is 0.0399. The molecule has 0 spiro atoms. The molecular formula is C20H23FN2O2. The minimum Gasteiger partial charge on any atom is -0.496 e. The number of para-hydroxylation sites is 1. The number of rotatable bonds is 7. The van der Waals surface area contributed by atoms with E-state index in [9.17, 15) is 9.18 Å². The second-order valence-corrected chi connectivity index (χ2v) is 5.82. The quantitative estimate of drug-likeness (QED) is 0.785. The van der Waals surface area contributed by atoms with Gasteiger partial charge in [-0.1, -0.05) is 36.4 Å². The van der Waals surface area contributed by atoms with Crippen LogP contribution in [0, 0.1) is 5.82 Å². The minimum atomic E-state index is -0.355. The number of nitrogens with one attached hydrogen (secondary N) is 1. The number of benzene rings is 2. The summed E-state index contributed by atoms with van der Waals surface area (Å²) in [6, 6.07) is 14.0. The second-order valence-electron chi connectivity index (χ2n) is 5.82. The Bertz CT molecular complexity index is 744. The van der Waals surface area contributed by atoms with Crippen molar-refractivity contribution in [3.8, 4) is 5.75 Å². The van der Waals surface area contributed by atoms with Gasteiger partial charge in [-0.25, -0.2) is 4.39 Å². The molecule has 0 aromatic heterocycles. The van der Waals surface area contributed by atoms with Crippen molar-refractivity contribution in [2.45, 2.75) is 6.04 Å². The van der Waals surface area contributed by atoms with Crippen LogP contribution in [0.25, 0.3) is 6.08 Å². The zero-order chi connectivity index (χ0) is 18.2. The molecule has 2 aromatic rings. The molecular weight excluding hydrogens is 319 g/mol. The molecule has 132 valence electrons. The number of nitrogens with zero attached hydrogens (tertiary/aromatic N) is 1. The molecule has 2 aromatic carbocycles. The fraction of sp³-hybridized carbons (Fsp3) is 0.250. The number of hydrogen-bond acceptors (Lipinski definition) is 3. The van der Waals surface area contributed by atoms with Gasteiger partial charge >= 0.3 is 0 Å². The van der Waals surface area contributed by atoms with Gasteiger partial charge in [0, 0.05) is 23.7 Å². The number of halogens is 1. The fourth-order valence-corrected chi connectivity index (χ4v) is 2.54. The van der Waals surface area contributed by atoms with Crippen LogP contribution < -0.4 is 10.1 Å². The summed E-state index contributed by atoms with van der Waals surface area (Å²) < 4.78 is 19.0. The summed E-state index contributed by atoms with van der Waals surface area (Å²) in [5.41, 5.74) is 1.37. The van der Waals surface area contributed by atoms with Crippen LogP contribution in [0.2, 0.25) is 0 Å². The van der Waals surface area contributed by atoms with Gasteiger partial charge in [-0.05, 0) is 32.3 Å². The van der Waals surface area contributed by atoms with E-state index in [4.69, 9.17) is 4.74 Å². The molecule has 1 unspecified atom stereocenters. The molecule has 0 radical (unpaired) electrons. The molecule has 1 atom stereocenters. The van der Waals surface area contributed by atoms with Crippen LogP contribution in [-0.4, -0.2) is 38.6 Å². The van der Waals surface area contributed by atoms with E-state index in [2.05, 4.69) is 5.32 Å². The Morgan fingerprint density at radius 1 is 1.20 bits per heavy atom. The molecule has 0 fully saturated rings. The van der Waals surface area contributed by atoms with Crippen molar-refractivity contribution in [3.05, 3.63) is 71.6 Å². The zero-order valence-electron chi connectivity index (χ0n) is 14.7. The molecule has 1 amide bonds. The molecule has 0 aliphatic heterocycles. The number of carbonyl (C=O) groups excluding carboxylic acids is 1. The summed E-state index contributed by atoms with van der Waals surface area (Å²) in [6.45, 7) is 0.411. The summed E-state index contributed by atoms with van der Waals surface area (Å²) in [5.74, 6) is 0.147. The van der Waals surface area contributed by atoms with E-state index < -0.39 is 0 Å². The maximum absolute atomic E-state index is 13.6. The van der Waals surface area contributed by atoms with Gasteiger partial charge in [-0.3, -0.25) is 4.79 Å². The summed E-state index contributed by atoms with van der Waals surface area (Å²) in [4.78, 5) is 14.1. The number of hydrogen-bond donors (Lipinski definition) is 1. The first kappa shape index (κ1) is 18.7. The standard InChI is InChI=1S/C20H23FN2O2/c1-23(2)18(16-9-5-7-11-19(16)25-3)14-22-20(24)13-12-15-8-4-6-10-17(15)21/h4-13,18H,14H2,1-3H3,(H,22,24)/b13-12+. The Labute approximate surface area is 147 Å². The lowest BCUT2D eigenvalue weighted by Crippen LogP contribution is -2.34. The second kappa shape index (κ2) is 8.99. The van der Waals surface area contributed by atoms with E-state index in [1.54, 1.807) is 25.3 Å². The number of ether oxygens (including phenoxy) is 1. The van der Waals surface area contributed by atoms with E-state index in [1.165, 1.54) is 18.2 Å². The Kier molecular flexibility index (Phi) is 6.71. The van der Waals surface area contributed by atoms with Gasteiger partial charge in [0.05, 0.1) is 13.2 Å². The number of amides is 1. The highest BCUT2D eigenvalue weighted by atomic mass is 19.1. The molecule has 0 saturated heterocycles. The van der Waals surface area contributed by atoms with E-state index in [-0.39, 0.29) is 17.8 Å². The molecule has 0 heterocycles. The zero-order valence-corrected chi connectivity index (χ0v) is 14.7. The molecule has 0 bridgehead atoms. The molecule has 1 N–H and O–H groups in total. The van der Waals surface area contributed by atoms with Crippen LogP contribution in [-0.2, 0) is 4.79 Å². The van der Waals surface area contributed by atoms with Crippen molar-refractivity contribution in [2.75, 3.05) is 27.7 Å². The van der Waals surface area contributed by atoms with Crippen LogP contribution >= 0.6 is 0 Å². The van der Waals surface area contributed by atoms with Gasteiger partial charge in [0.1, 0.15) is 11.6 Å². The van der Waals surface area contributed by atoms with E-state index in [0.717, 1.165) is 11.3 Å². The number of methoxy groups -OCH3 is 1. The van der Waals surface area contributed by atoms with Gasteiger partial charge in [-0.15, -0.1) is 0 Å². The van der Waals surface area contributed by atoms with Gasteiger partial charge < -0.3 is 15.0 Å². The van der Waals surface area contributed by atoms with Crippen molar-refractivity contribution in [1.82, 2.24) is 10.2 Å². The smallest absolute Gasteiger partial charge is 0.244 e. The van der Waals surface area contributed by atoms with Crippen molar-refractivity contribution in [1.29, 1.82) is 0 Å². The Balaban J connectivity index is 2.04. The third kappa shape index (κ3) is 5.16. The van der Waals surface area contributed by atoms with Gasteiger partial charge in [0.2, 0.25) is 5.91 Å². The molecule has 2 rings (SSSR count). The van der Waals surface area contributed by atoms with Crippen LogP contribution in [0.5, 0.6) is 5.75 Å². The lowest BCUT2D eigenvalue weighted by atomic mass is 10.0. The average Bonchev–Trinajstić information content (AvgIpc) is 2.61. The largest absolute Gasteiger partial charge is 0.496 e. The Morgan fingerprint density at radius 3 is 2.56 bits per heavy atom. The molecule has 0 aliphatic carbocycles. The predicted octanol–water partition coefficient (Wildman–Crippen LogP) is 3.27. The highest BCUT2D eigenvalue weighted by Gasteiger charge is 2.18. The highest BCUT2D eigenvalue weighted by molar-refractivity contribution is 5.91. The Morgan fingerprint density at radius 2 is 1.88 bits per heavy atom. The van der Waals surface area contributed by atoms with Crippen molar-refractivity contribution in [2.24, 2.45) is 0 Å². The van der Waals surface area contributed by atoms with E-state index >= 15 is 0 Å². The molecule has 0 aliphatic rings. The van der Waals surface area contributed by atoms with Gasteiger partial charge in [-0.2, -0.15) is 0 Å². The highest BCUT2D eigenvalue weighted by Crippen LogP contribution is 2.27. The first-order valence-electron chi connectivity index (χ1n) is 8.02. The fourth-order valence-electron chi connectivity index (χ4n) is 2.54. The lowest BCUT2D eigenvalue weighted by Gasteiger charge is -2.26.